The van der Waals surface area contributed by atoms with Crippen LogP contribution in [0.1, 0.15) is 188 Å². The number of carbonyl (C=O) groups is 2. The van der Waals surface area contributed by atoms with Gasteiger partial charge in [0.15, 0.2) is 0 Å². The fourth-order valence-electron chi connectivity index (χ4n) is 6.32. The van der Waals surface area contributed by atoms with Gasteiger partial charge in [-0.2, -0.15) is 0 Å². The second-order valence-corrected chi connectivity index (χ2v) is 13.3. The third-order valence-electron chi connectivity index (χ3n) is 9.18. The van der Waals surface area contributed by atoms with Crippen LogP contribution < -0.4 is 5.32 Å². The molecule has 0 radical (unpaired) electrons. The molecule has 0 aromatic carbocycles. The molecule has 0 heterocycles. The minimum atomic E-state index is 0.230. The van der Waals surface area contributed by atoms with Gasteiger partial charge in [0.25, 0.3) is 0 Å². The smallest absolute Gasteiger partial charge is 0.236 e. The van der Waals surface area contributed by atoms with Crippen molar-refractivity contribution in [3.8, 4) is 0 Å². The largest absolute Gasteiger partial charge is 0.357 e. The molecule has 0 saturated heterocycles. The summed E-state index contributed by atoms with van der Waals surface area (Å²) in [6, 6.07) is 0. The monoisotopic (exact) mass is 608 g/mol. The van der Waals surface area contributed by atoms with E-state index >= 15 is 0 Å². The van der Waals surface area contributed by atoms with Crippen LogP contribution in [0.2, 0.25) is 0 Å². The minimum absolute atomic E-state index is 0.230. The number of rotatable bonds is 35. The maximum absolute atomic E-state index is 13.4. The van der Waals surface area contributed by atoms with Crippen molar-refractivity contribution in [1.82, 2.24) is 15.1 Å². The van der Waals surface area contributed by atoms with Gasteiger partial charge in [0, 0.05) is 19.6 Å². The number of nitrogens with zero attached hydrogens (tertiary/aromatic N) is 2. The molecule has 0 spiro atoms. The molecule has 2 amide bonds. The van der Waals surface area contributed by atoms with Gasteiger partial charge < -0.3 is 10.2 Å². The summed E-state index contributed by atoms with van der Waals surface area (Å²) in [5.41, 5.74) is 0. The molecule has 0 aliphatic carbocycles. The molecule has 43 heavy (non-hydrogen) atoms. The predicted octanol–water partition coefficient (Wildman–Crippen LogP) is 10.3. The van der Waals surface area contributed by atoms with E-state index in [1.165, 1.54) is 154 Å². The number of amides is 2. The zero-order valence-corrected chi connectivity index (χ0v) is 29.8. The molecule has 0 aromatic heterocycles. The summed E-state index contributed by atoms with van der Waals surface area (Å²) >= 11 is 0. The summed E-state index contributed by atoms with van der Waals surface area (Å²) in [5, 5.41) is 2.74. The van der Waals surface area contributed by atoms with Crippen molar-refractivity contribution in [3.63, 3.8) is 0 Å². The topological polar surface area (TPSA) is 52.7 Å². The molecule has 0 unspecified atom stereocenters. The van der Waals surface area contributed by atoms with Gasteiger partial charge in [0.1, 0.15) is 0 Å². The molecule has 1 N–H and O–H groups in total. The Balaban J connectivity index is 5.04. The first-order valence-corrected chi connectivity index (χ1v) is 19.3. The Morgan fingerprint density at radius 2 is 1.00 bits per heavy atom. The normalized spacial score (nSPS) is 11.5. The molecular formula is C38H77N3O2. The summed E-state index contributed by atoms with van der Waals surface area (Å²) in [4.78, 5) is 28.6. The van der Waals surface area contributed by atoms with E-state index < -0.39 is 0 Å². The lowest BCUT2D eigenvalue weighted by molar-refractivity contribution is -0.132. The highest BCUT2D eigenvalue weighted by molar-refractivity contribution is 5.78. The van der Waals surface area contributed by atoms with Crippen molar-refractivity contribution in [2.24, 2.45) is 5.92 Å². The Labute approximate surface area is 270 Å². The van der Waals surface area contributed by atoms with Gasteiger partial charge in [-0.15, -0.1) is 0 Å². The predicted molar refractivity (Wildman–Crippen MR) is 189 cm³/mol. The SMILES string of the molecule is CCCCCCCCCC(CCCCCCCCC)CCN(CCCCCCCCC)CC(=O)N(CCC)CCNC=O. The molecule has 5 nitrogen and oxygen atoms in total. The van der Waals surface area contributed by atoms with Gasteiger partial charge in [0.05, 0.1) is 6.54 Å². The van der Waals surface area contributed by atoms with Crippen molar-refractivity contribution < 1.29 is 9.59 Å². The van der Waals surface area contributed by atoms with Crippen LogP contribution in [0.25, 0.3) is 0 Å². The summed E-state index contributed by atoms with van der Waals surface area (Å²) in [6.45, 7) is 13.5. The van der Waals surface area contributed by atoms with Gasteiger partial charge in [0.2, 0.25) is 12.3 Å². The Morgan fingerprint density at radius 3 is 1.47 bits per heavy atom. The molecule has 5 heteroatoms. The third-order valence-corrected chi connectivity index (χ3v) is 9.18. The van der Waals surface area contributed by atoms with E-state index in [9.17, 15) is 9.59 Å². The van der Waals surface area contributed by atoms with Crippen LogP contribution in [0.3, 0.4) is 0 Å². The number of hydrogen-bond acceptors (Lipinski definition) is 3. The highest BCUT2D eigenvalue weighted by Crippen LogP contribution is 2.23. The summed E-state index contributed by atoms with van der Waals surface area (Å²) in [5.74, 6) is 1.02. The highest BCUT2D eigenvalue weighted by atomic mass is 16.2. The Morgan fingerprint density at radius 1 is 0.535 bits per heavy atom. The molecule has 0 atom stereocenters. The van der Waals surface area contributed by atoms with Crippen LogP contribution >= 0.6 is 0 Å². The number of hydrogen-bond donors (Lipinski definition) is 1. The van der Waals surface area contributed by atoms with Crippen LogP contribution in [-0.4, -0.2) is 61.4 Å². The molecule has 0 rings (SSSR count). The van der Waals surface area contributed by atoms with Crippen LogP contribution in [-0.2, 0) is 9.59 Å². The van der Waals surface area contributed by atoms with E-state index in [0.717, 1.165) is 38.4 Å². The minimum Gasteiger partial charge on any atom is -0.357 e. The molecule has 0 aliphatic rings. The van der Waals surface area contributed by atoms with Crippen LogP contribution in [0.15, 0.2) is 0 Å². The standard InChI is InChI=1S/C38H77N3O2/c1-5-9-12-15-18-21-24-27-37(28-25-22-19-16-13-10-6-2)29-33-40(32-26-23-20-17-14-11-7-3)35-38(43)41(31-8-4)34-30-39-36-42/h36-37H,5-35H2,1-4H3,(H,39,42). The molecule has 0 bridgehead atoms. The van der Waals surface area contributed by atoms with Crippen LogP contribution in [0.5, 0.6) is 0 Å². The van der Waals surface area contributed by atoms with E-state index in [-0.39, 0.29) is 5.91 Å². The molecule has 0 aliphatic heterocycles. The molecule has 256 valence electrons. The second kappa shape index (κ2) is 33.8. The maximum atomic E-state index is 13.4. The number of carbonyl (C=O) groups excluding carboxylic acids is 2. The fourth-order valence-corrected chi connectivity index (χ4v) is 6.32. The third kappa shape index (κ3) is 28.1. The summed E-state index contributed by atoms with van der Waals surface area (Å²) in [6.07, 6.45) is 34.1. The quantitative estimate of drug-likeness (QED) is 0.0576. The molecule has 0 aromatic rings. The summed E-state index contributed by atoms with van der Waals surface area (Å²) < 4.78 is 0. The fraction of sp³-hybridized carbons (Fsp3) is 0.947. The van der Waals surface area contributed by atoms with Crippen LogP contribution in [0, 0.1) is 5.92 Å². The van der Waals surface area contributed by atoms with Gasteiger partial charge in [-0.1, -0.05) is 169 Å². The lowest BCUT2D eigenvalue weighted by Gasteiger charge is -2.29. The average molecular weight is 608 g/mol. The molecule has 0 saturated carbocycles. The lowest BCUT2D eigenvalue weighted by Crippen LogP contribution is -2.44. The van der Waals surface area contributed by atoms with Crippen molar-refractivity contribution in [2.45, 2.75) is 188 Å². The van der Waals surface area contributed by atoms with Crippen LogP contribution in [0.4, 0.5) is 0 Å². The van der Waals surface area contributed by atoms with Gasteiger partial charge >= 0.3 is 0 Å². The van der Waals surface area contributed by atoms with E-state index in [4.69, 9.17) is 0 Å². The highest BCUT2D eigenvalue weighted by Gasteiger charge is 2.18. The Kier molecular flexibility index (Phi) is 32.9. The van der Waals surface area contributed by atoms with Gasteiger partial charge in [-0.3, -0.25) is 14.5 Å². The zero-order chi connectivity index (χ0) is 31.6. The zero-order valence-electron chi connectivity index (χ0n) is 29.8. The average Bonchev–Trinajstić information content (AvgIpc) is 3.01. The van der Waals surface area contributed by atoms with Gasteiger partial charge in [-0.05, 0) is 38.3 Å². The Bertz CT molecular complexity index is 568. The first-order valence-electron chi connectivity index (χ1n) is 19.3. The number of unbranched alkanes of at least 4 members (excludes halogenated alkanes) is 18. The van der Waals surface area contributed by atoms with Gasteiger partial charge in [-0.25, -0.2) is 0 Å². The molecule has 0 fully saturated rings. The summed E-state index contributed by atoms with van der Waals surface area (Å²) in [7, 11) is 0. The Hall–Kier alpha value is -1.10. The molecular weight excluding hydrogens is 530 g/mol. The maximum Gasteiger partial charge on any atom is 0.236 e. The van der Waals surface area contributed by atoms with Crippen molar-refractivity contribution in [3.05, 3.63) is 0 Å². The van der Waals surface area contributed by atoms with Crippen molar-refractivity contribution >= 4 is 12.3 Å². The van der Waals surface area contributed by atoms with Crippen molar-refractivity contribution in [2.75, 3.05) is 39.3 Å². The lowest BCUT2D eigenvalue weighted by atomic mass is 9.91. The second-order valence-electron chi connectivity index (χ2n) is 13.3. The van der Waals surface area contributed by atoms with E-state index in [1.807, 2.05) is 4.90 Å². The van der Waals surface area contributed by atoms with E-state index in [2.05, 4.69) is 37.9 Å². The van der Waals surface area contributed by atoms with E-state index in [0.29, 0.717) is 19.6 Å². The first-order chi connectivity index (χ1) is 21.1. The first kappa shape index (κ1) is 41.9. The van der Waals surface area contributed by atoms with Crippen molar-refractivity contribution in [1.29, 1.82) is 0 Å². The number of nitrogens with one attached hydrogen (secondary N) is 1. The van der Waals surface area contributed by atoms with E-state index in [1.54, 1.807) is 0 Å².